The summed E-state index contributed by atoms with van der Waals surface area (Å²) in [6.45, 7) is 1.75. The third-order valence-electron chi connectivity index (χ3n) is 3.04. The summed E-state index contributed by atoms with van der Waals surface area (Å²) in [5.74, 6) is -0.729. The van der Waals surface area contributed by atoms with Crippen LogP contribution in [0.4, 0.5) is 0 Å². The van der Waals surface area contributed by atoms with Gasteiger partial charge in [0, 0.05) is 10.6 Å². The van der Waals surface area contributed by atoms with Crippen molar-refractivity contribution < 1.29 is 14.7 Å². The highest BCUT2D eigenvalue weighted by molar-refractivity contribution is 7.99. The maximum absolute atomic E-state index is 12.1. The second-order valence-electron chi connectivity index (χ2n) is 4.21. The van der Waals surface area contributed by atoms with Crippen LogP contribution in [0.1, 0.15) is 24.8 Å². The van der Waals surface area contributed by atoms with Crippen molar-refractivity contribution in [2.24, 2.45) is 0 Å². The molecule has 1 aromatic rings. The minimum atomic E-state index is -0.982. The van der Waals surface area contributed by atoms with Gasteiger partial charge >= 0.3 is 5.97 Å². The Morgan fingerprint density at radius 2 is 2.22 bits per heavy atom. The van der Waals surface area contributed by atoms with Crippen molar-refractivity contribution in [1.82, 2.24) is 5.32 Å². The predicted octanol–water partition coefficient (Wildman–Crippen LogP) is 1.86. The highest BCUT2D eigenvalue weighted by atomic mass is 32.2. The first kappa shape index (κ1) is 13.0. The molecule has 96 valence electrons. The Labute approximate surface area is 110 Å². The number of amides is 1. The Bertz CT molecular complexity index is 475. The normalized spacial score (nSPS) is 19.1. The third kappa shape index (κ3) is 2.51. The topological polar surface area (TPSA) is 66.4 Å². The van der Waals surface area contributed by atoms with Gasteiger partial charge in [-0.3, -0.25) is 4.79 Å². The Balaban J connectivity index is 2.10. The van der Waals surface area contributed by atoms with Gasteiger partial charge in [-0.05, 0) is 18.1 Å². The number of thioether (sulfide) groups is 1. The summed E-state index contributed by atoms with van der Waals surface area (Å²) in [6.07, 6.45) is 0.391. The van der Waals surface area contributed by atoms with Crippen LogP contribution in [0.15, 0.2) is 29.2 Å². The largest absolute Gasteiger partial charge is 0.480 e. The van der Waals surface area contributed by atoms with E-state index >= 15 is 0 Å². The maximum Gasteiger partial charge on any atom is 0.326 e. The van der Waals surface area contributed by atoms with Gasteiger partial charge in [-0.2, -0.15) is 0 Å². The van der Waals surface area contributed by atoms with E-state index in [1.807, 2.05) is 24.3 Å². The highest BCUT2D eigenvalue weighted by Gasteiger charge is 2.31. The molecule has 2 rings (SSSR count). The van der Waals surface area contributed by atoms with E-state index in [1.54, 1.807) is 18.7 Å². The number of carbonyl (C=O) groups is 2. The molecule has 4 nitrogen and oxygen atoms in total. The van der Waals surface area contributed by atoms with Crippen LogP contribution in [0, 0.1) is 0 Å². The summed E-state index contributed by atoms with van der Waals surface area (Å²) in [5, 5.41) is 11.5. The van der Waals surface area contributed by atoms with Crippen molar-refractivity contribution in [1.29, 1.82) is 0 Å². The van der Waals surface area contributed by atoms with E-state index < -0.39 is 12.0 Å². The average molecular weight is 265 g/mol. The standard InChI is InChI=1S/C13H15NO3S/c1-2-10(13(16)17)14-12(15)9-7-18-11-6-4-3-5-8(9)11/h3-6,9-10H,2,7H2,1H3,(H,14,15)(H,16,17)/t9?,10-/m1/s1. The van der Waals surface area contributed by atoms with E-state index in [0.29, 0.717) is 12.2 Å². The van der Waals surface area contributed by atoms with Gasteiger partial charge in [-0.1, -0.05) is 25.1 Å². The van der Waals surface area contributed by atoms with E-state index in [4.69, 9.17) is 5.11 Å². The fraction of sp³-hybridized carbons (Fsp3) is 0.385. The lowest BCUT2D eigenvalue weighted by molar-refractivity contribution is -0.142. The number of hydrogen-bond acceptors (Lipinski definition) is 3. The van der Waals surface area contributed by atoms with E-state index in [2.05, 4.69) is 5.32 Å². The van der Waals surface area contributed by atoms with Crippen molar-refractivity contribution >= 4 is 23.6 Å². The molecule has 2 N–H and O–H groups in total. The first-order chi connectivity index (χ1) is 8.63. The van der Waals surface area contributed by atoms with Gasteiger partial charge in [-0.15, -0.1) is 11.8 Å². The van der Waals surface area contributed by atoms with Crippen LogP contribution in [0.5, 0.6) is 0 Å². The number of carbonyl (C=O) groups excluding carboxylic acids is 1. The van der Waals surface area contributed by atoms with Crippen molar-refractivity contribution in [2.75, 3.05) is 5.75 Å². The van der Waals surface area contributed by atoms with Gasteiger partial charge < -0.3 is 10.4 Å². The van der Waals surface area contributed by atoms with Crippen LogP contribution < -0.4 is 5.32 Å². The summed E-state index contributed by atoms with van der Waals surface area (Å²) in [7, 11) is 0. The van der Waals surface area contributed by atoms with Crippen molar-refractivity contribution in [2.45, 2.75) is 30.2 Å². The lowest BCUT2D eigenvalue weighted by atomic mass is 10.00. The molecule has 1 amide bonds. The van der Waals surface area contributed by atoms with Crippen LogP contribution in [0.2, 0.25) is 0 Å². The second kappa shape index (κ2) is 5.44. The first-order valence-corrected chi connectivity index (χ1v) is 6.87. The van der Waals surface area contributed by atoms with Crippen molar-refractivity contribution in [3.8, 4) is 0 Å². The molecule has 0 aliphatic carbocycles. The number of fused-ring (bicyclic) bond motifs is 1. The van der Waals surface area contributed by atoms with Crippen LogP contribution in [0.25, 0.3) is 0 Å². The van der Waals surface area contributed by atoms with Gasteiger partial charge in [0.05, 0.1) is 5.92 Å². The molecule has 1 aliphatic heterocycles. The summed E-state index contributed by atoms with van der Waals surface area (Å²) in [4.78, 5) is 24.1. The molecular weight excluding hydrogens is 250 g/mol. The van der Waals surface area contributed by atoms with E-state index in [0.717, 1.165) is 10.5 Å². The minimum Gasteiger partial charge on any atom is -0.480 e. The lowest BCUT2D eigenvalue weighted by Gasteiger charge is -2.16. The fourth-order valence-corrected chi connectivity index (χ4v) is 3.22. The lowest BCUT2D eigenvalue weighted by Crippen LogP contribution is -2.42. The smallest absolute Gasteiger partial charge is 0.326 e. The van der Waals surface area contributed by atoms with Crippen LogP contribution in [0.3, 0.4) is 0 Å². The minimum absolute atomic E-state index is 0.193. The van der Waals surface area contributed by atoms with Crippen molar-refractivity contribution in [3.63, 3.8) is 0 Å². The SMILES string of the molecule is CC[C@@H](NC(=O)C1CSc2ccccc21)C(=O)O. The molecule has 0 aromatic heterocycles. The van der Waals surface area contributed by atoms with Crippen LogP contribution >= 0.6 is 11.8 Å². The van der Waals surface area contributed by atoms with Crippen molar-refractivity contribution in [3.05, 3.63) is 29.8 Å². The molecule has 0 saturated carbocycles. The fourth-order valence-electron chi connectivity index (χ4n) is 1.99. The second-order valence-corrected chi connectivity index (χ2v) is 5.27. The molecule has 1 unspecified atom stereocenters. The van der Waals surface area contributed by atoms with Gasteiger partial charge in [0.1, 0.15) is 6.04 Å². The number of nitrogens with one attached hydrogen (secondary N) is 1. The van der Waals surface area contributed by atoms with Crippen LogP contribution in [-0.4, -0.2) is 28.8 Å². The first-order valence-electron chi connectivity index (χ1n) is 5.88. The number of aliphatic carboxylic acids is 1. The molecule has 0 saturated heterocycles. The molecule has 1 aliphatic rings. The highest BCUT2D eigenvalue weighted by Crippen LogP contribution is 2.39. The van der Waals surface area contributed by atoms with Crippen LogP contribution in [-0.2, 0) is 9.59 Å². The average Bonchev–Trinajstić information content (AvgIpc) is 2.79. The molecule has 0 radical (unpaired) electrons. The molecule has 1 heterocycles. The number of carboxylic acid groups (broad SMARTS) is 1. The Hall–Kier alpha value is -1.49. The maximum atomic E-state index is 12.1. The van der Waals surface area contributed by atoms with Gasteiger partial charge in [0.2, 0.25) is 5.91 Å². The van der Waals surface area contributed by atoms with E-state index in [1.165, 1.54) is 0 Å². The molecular formula is C13H15NO3S. The van der Waals surface area contributed by atoms with Gasteiger partial charge in [-0.25, -0.2) is 4.79 Å². The zero-order valence-electron chi connectivity index (χ0n) is 10.1. The predicted molar refractivity (Wildman–Crippen MR) is 69.8 cm³/mol. The van der Waals surface area contributed by atoms with E-state index in [-0.39, 0.29) is 11.8 Å². The Morgan fingerprint density at radius 3 is 2.89 bits per heavy atom. The monoisotopic (exact) mass is 265 g/mol. The van der Waals surface area contributed by atoms with Gasteiger partial charge in [0.25, 0.3) is 0 Å². The third-order valence-corrected chi connectivity index (χ3v) is 4.22. The van der Waals surface area contributed by atoms with Gasteiger partial charge in [0.15, 0.2) is 0 Å². The number of carboxylic acids is 1. The number of rotatable bonds is 4. The molecule has 0 fully saturated rings. The summed E-state index contributed by atoms with van der Waals surface area (Å²) in [6, 6.07) is 6.97. The number of benzene rings is 1. The number of hydrogen-bond donors (Lipinski definition) is 2. The molecule has 5 heteroatoms. The molecule has 0 bridgehead atoms. The molecule has 1 aromatic carbocycles. The summed E-state index contributed by atoms with van der Waals surface area (Å²) in [5.41, 5.74) is 1.00. The zero-order valence-corrected chi connectivity index (χ0v) is 10.9. The van der Waals surface area contributed by atoms with E-state index in [9.17, 15) is 9.59 Å². The molecule has 2 atom stereocenters. The summed E-state index contributed by atoms with van der Waals surface area (Å²) < 4.78 is 0. The Morgan fingerprint density at radius 1 is 1.50 bits per heavy atom. The Kier molecular flexibility index (Phi) is 3.91. The molecule has 18 heavy (non-hydrogen) atoms. The molecule has 0 spiro atoms. The zero-order chi connectivity index (χ0) is 13.1. The quantitative estimate of drug-likeness (QED) is 0.872. The summed E-state index contributed by atoms with van der Waals surface area (Å²) >= 11 is 1.64.